The number of amides is 1. The van der Waals surface area contributed by atoms with Crippen LogP contribution in [0.15, 0.2) is 0 Å². The first-order chi connectivity index (χ1) is 19.2. The third kappa shape index (κ3) is 16.5. The summed E-state index contributed by atoms with van der Waals surface area (Å²) in [7, 11) is 0. The molecule has 3 heteroatoms. The molecule has 39 heavy (non-hydrogen) atoms. The van der Waals surface area contributed by atoms with Crippen molar-refractivity contribution in [3.05, 3.63) is 0 Å². The van der Waals surface area contributed by atoms with E-state index in [0.29, 0.717) is 11.9 Å². The zero-order valence-electron chi connectivity index (χ0n) is 27.0. The van der Waals surface area contributed by atoms with Gasteiger partial charge in [0.25, 0.3) is 0 Å². The third-order valence-electron chi connectivity index (χ3n) is 9.95. The topological polar surface area (TPSA) is 32.3 Å². The predicted octanol–water partition coefficient (Wildman–Crippen LogP) is 10.6. The number of nitrogens with zero attached hydrogens (tertiary/aromatic N) is 1. The molecule has 0 bridgehead atoms. The zero-order valence-corrected chi connectivity index (χ0v) is 27.0. The number of hydrogen-bond donors (Lipinski definition) is 1. The van der Waals surface area contributed by atoms with Gasteiger partial charge < -0.3 is 5.32 Å². The summed E-state index contributed by atoms with van der Waals surface area (Å²) in [5.41, 5.74) is 0. The molecule has 230 valence electrons. The molecular formula is C36H70N2O. The molecule has 4 atom stereocenters. The maximum Gasteiger partial charge on any atom is 0.237 e. The summed E-state index contributed by atoms with van der Waals surface area (Å²) in [5.74, 6) is 2.48. The van der Waals surface area contributed by atoms with Crippen LogP contribution in [-0.4, -0.2) is 36.0 Å². The van der Waals surface area contributed by atoms with Gasteiger partial charge in [0.2, 0.25) is 5.91 Å². The average Bonchev–Trinajstić information content (AvgIpc) is 3.71. The highest BCUT2D eigenvalue weighted by Crippen LogP contribution is 2.45. The molecule has 1 saturated heterocycles. The van der Waals surface area contributed by atoms with Gasteiger partial charge in [0, 0.05) is 6.04 Å². The van der Waals surface area contributed by atoms with E-state index in [1.165, 1.54) is 161 Å². The second-order valence-corrected chi connectivity index (χ2v) is 13.4. The summed E-state index contributed by atoms with van der Waals surface area (Å²) in [4.78, 5) is 15.6. The van der Waals surface area contributed by atoms with Crippen molar-refractivity contribution in [3.8, 4) is 0 Å². The number of rotatable bonds is 26. The van der Waals surface area contributed by atoms with Crippen LogP contribution < -0.4 is 5.32 Å². The van der Waals surface area contributed by atoms with Crippen molar-refractivity contribution in [2.75, 3.05) is 13.1 Å². The van der Waals surface area contributed by atoms with E-state index in [1.807, 2.05) is 0 Å². The first-order valence-corrected chi connectivity index (χ1v) is 18.2. The van der Waals surface area contributed by atoms with E-state index in [2.05, 4.69) is 31.0 Å². The van der Waals surface area contributed by atoms with Gasteiger partial charge in [-0.15, -0.1) is 0 Å². The van der Waals surface area contributed by atoms with Gasteiger partial charge >= 0.3 is 0 Å². The molecule has 2 rings (SSSR count). The Bertz CT molecular complexity index is 578. The SMILES string of the molecule is CCCCCCCCC[C@H](CCCCCCC[C@@H]1C[C@@H]1CCCCCCCC)NC(=O)[C@H]1CCCCN1CC. The highest BCUT2D eigenvalue weighted by atomic mass is 16.2. The lowest BCUT2D eigenvalue weighted by Crippen LogP contribution is -2.51. The molecule has 1 aliphatic heterocycles. The number of nitrogens with one attached hydrogen (secondary N) is 1. The minimum Gasteiger partial charge on any atom is -0.352 e. The van der Waals surface area contributed by atoms with Gasteiger partial charge in [-0.1, -0.05) is 156 Å². The monoisotopic (exact) mass is 547 g/mol. The van der Waals surface area contributed by atoms with Gasteiger partial charge in [0.05, 0.1) is 6.04 Å². The number of unbranched alkanes of at least 4 members (excludes halogenated alkanes) is 15. The number of hydrogen-bond acceptors (Lipinski definition) is 2. The lowest BCUT2D eigenvalue weighted by Gasteiger charge is -2.34. The Morgan fingerprint density at radius 2 is 1.15 bits per heavy atom. The van der Waals surface area contributed by atoms with Crippen molar-refractivity contribution >= 4 is 5.91 Å². The average molecular weight is 547 g/mol. The van der Waals surface area contributed by atoms with Crippen LogP contribution in [0.2, 0.25) is 0 Å². The van der Waals surface area contributed by atoms with E-state index < -0.39 is 0 Å². The Kier molecular flexibility index (Phi) is 20.5. The lowest BCUT2D eigenvalue weighted by atomic mass is 9.97. The van der Waals surface area contributed by atoms with Crippen LogP contribution in [0.25, 0.3) is 0 Å². The van der Waals surface area contributed by atoms with Crippen molar-refractivity contribution in [1.82, 2.24) is 10.2 Å². The number of piperidine rings is 1. The Balaban J connectivity index is 1.56. The molecule has 0 unspecified atom stereocenters. The Morgan fingerprint density at radius 3 is 1.67 bits per heavy atom. The van der Waals surface area contributed by atoms with E-state index in [4.69, 9.17) is 0 Å². The molecule has 3 nitrogen and oxygen atoms in total. The van der Waals surface area contributed by atoms with E-state index in [9.17, 15) is 4.79 Å². The van der Waals surface area contributed by atoms with Crippen LogP contribution in [0.1, 0.15) is 188 Å². The summed E-state index contributed by atoms with van der Waals surface area (Å²) >= 11 is 0. The van der Waals surface area contributed by atoms with Crippen molar-refractivity contribution in [1.29, 1.82) is 0 Å². The van der Waals surface area contributed by atoms with E-state index in [1.54, 1.807) is 0 Å². The number of carbonyl (C=O) groups excluding carboxylic acids is 1. The molecule has 2 fully saturated rings. The third-order valence-corrected chi connectivity index (χ3v) is 9.95. The molecule has 0 aromatic carbocycles. The van der Waals surface area contributed by atoms with Crippen LogP contribution in [0.3, 0.4) is 0 Å². The first kappa shape index (κ1) is 34.6. The molecular weight excluding hydrogens is 476 g/mol. The second kappa shape index (κ2) is 23.0. The molecule has 0 spiro atoms. The molecule has 0 aromatic heterocycles. The molecule has 1 amide bonds. The molecule has 1 N–H and O–H groups in total. The normalized spacial score (nSPS) is 22.2. The van der Waals surface area contributed by atoms with Crippen LogP contribution in [0.5, 0.6) is 0 Å². The fraction of sp³-hybridized carbons (Fsp3) is 0.972. The number of carbonyl (C=O) groups is 1. The number of likely N-dealkylation sites (N-methyl/N-ethyl adjacent to an activating group) is 1. The highest BCUT2D eigenvalue weighted by Gasteiger charge is 2.35. The minimum absolute atomic E-state index is 0.118. The Hall–Kier alpha value is -0.570. The van der Waals surface area contributed by atoms with Gasteiger partial charge in [-0.05, 0) is 57.0 Å². The van der Waals surface area contributed by atoms with Crippen molar-refractivity contribution in [2.24, 2.45) is 11.8 Å². The van der Waals surface area contributed by atoms with Gasteiger partial charge in [0.15, 0.2) is 0 Å². The van der Waals surface area contributed by atoms with Crippen LogP contribution >= 0.6 is 0 Å². The largest absolute Gasteiger partial charge is 0.352 e. The quantitative estimate of drug-likeness (QED) is 0.109. The summed E-state index contributed by atoms with van der Waals surface area (Å²) in [6.45, 7) is 8.90. The van der Waals surface area contributed by atoms with E-state index in [-0.39, 0.29) is 6.04 Å². The molecule has 2 aliphatic rings. The molecule has 1 saturated carbocycles. The van der Waals surface area contributed by atoms with Crippen LogP contribution in [0.4, 0.5) is 0 Å². The smallest absolute Gasteiger partial charge is 0.237 e. The maximum atomic E-state index is 13.2. The minimum atomic E-state index is 0.118. The van der Waals surface area contributed by atoms with Crippen molar-refractivity contribution in [2.45, 2.75) is 200 Å². The summed E-state index contributed by atoms with van der Waals surface area (Å²) in [6, 6.07) is 0.510. The Morgan fingerprint density at radius 1 is 0.667 bits per heavy atom. The molecule has 1 aliphatic carbocycles. The van der Waals surface area contributed by atoms with Crippen LogP contribution in [-0.2, 0) is 4.79 Å². The van der Waals surface area contributed by atoms with Gasteiger partial charge in [-0.2, -0.15) is 0 Å². The van der Waals surface area contributed by atoms with Gasteiger partial charge in [-0.3, -0.25) is 9.69 Å². The van der Waals surface area contributed by atoms with E-state index >= 15 is 0 Å². The first-order valence-electron chi connectivity index (χ1n) is 18.2. The summed E-state index contributed by atoms with van der Waals surface area (Å²) in [5, 5.41) is 3.54. The van der Waals surface area contributed by atoms with Gasteiger partial charge in [-0.25, -0.2) is 0 Å². The predicted molar refractivity (Wildman–Crippen MR) is 171 cm³/mol. The highest BCUT2D eigenvalue weighted by molar-refractivity contribution is 5.82. The summed E-state index contributed by atoms with van der Waals surface area (Å²) < 4.78 is 0. The molecule has 0 radical (unpaired) electrons. The Labute approximate surface area is 245 Å². The second-order valence-electron chi connectivity index (χ2n) is 13.4. The fourth-order valence-electron chi connectivity index (χ4n) is 7.13. The van der Waals surface area contributed by atoms with E-state index in [0.717, 1.165) is 31.3 Å². The van der Waals surface area contributed by atoms with Gasteiger partial charge in [0.1, 0.15) is 0 Å². The van der Waals surface area contributed by atoms with Crippen LogP contribution in [0, 0.1) is 11.8 Å². The van der Waals surface area contributed by atoms with Crippen molar-refractivity contribution < 1.29 is 4.79 Å². The number of likely N-dealkylation sites (tertiary alicyclic amines) is 1. The zero-order chi connectivity index (χ0) is 28.0. The molecule has 0 aromatic rings. The lowest BCUT2D eigenvalue weighted by molar-refractivity contribution is -0.128. The molecule has 1 heterocycles. The fourth-order valence-corrected chi connectivity index (χ4v) is 7.13. The standard InChI is InChI=1S/C36H70N2O/c1-4-7-9-11-13-17-21-27-34(37-36(39)35-29-23-24-30-38(35)6-3)28-22-18-14-16-20-26-33-31-32(33)25-19-15-12-10-8-5-2/h32-35H,4-31H2,1-3H3,(H,37,39)/t32-,33+,34+,35+/m0/s1. The maximum absolute atomic E-state index is 13.2. The summed E-state index contributed by atoms with van der Waals surface area (Å²) in [6.07, 6.45) is 35.4. The van der Waals surface area contributed by atoms with Crippen molar-refractivity contribution in [3.63, 3.8) is 0 Å².